The van der Waals surface area contributed by atoms with Gasteiger partial charge < -0.3 is 11.1 Å². The highest BCUT2D eigenvalue weighted by atomic mass is 15.3. The second-order valence-corrected chi connectivity index (χ2v) is 3.73. The van der Waals surface area contributed by atoms with Crippen LogP contribution in [0.5, 0.6) is 0 Å². The molecule has 82 valence electrons. The first-order chi connectivity index (χ1) is 7.84. The Morgan fingerprint density at radius 3 is 2.88 bits per heavy atom. The number of rotatable bonds is 1. The fourth-order valence-electron chi connectivity index (χ4n) is 1.90. The largest absolute Gasteiger partial charge is 0.368 e. The summed E-state index contributed by atoms with van der Waals surface area (Å²) in [5, 5.41) is 7.67. The first-order valence-electron chi connectivity index (χ1n) is 5.18. The molecular weight excluding hydrogens is 204 g/mol. The zero-order valence-electron chi connectivity index (χ0n) is 8.72. The summed E-state index contributed by atoms with van der Waals surface area (Å²) >= 11 is 0. The van der Waals surface area contributed by atoms with Gasteiger partial charge in [-0.15, -0.1) is 0 Å². The zero-order chi connectivity index (χ0) is 11.0. The summed E-state index contributed by atoms with van der Waals surface area (Å²) < 4.78 is 2.02. The topological polar surface area (TPSA) is 81.6 Å². The number of nitrogen functional groups attached to an aromatic ring is 1. The lowest BCUT2D eigenvalue weighted by molar-refractivity contribution is 0.476. The van der Waals surface area contributed by atoms with Crippen LogP contribution >= 0.6 is 0 Å². The van der Waals surface area contributed by atoms with E-state index in [-0.39, 0.29) is 0 Å². The second-order valence-electron chi connectivity index (χ2n) is 3.73. The van der Waals surface area contributed by atoms with Crippen LogP contribution in [0.1, 0.15) is 5.69 Å². The smallest absolute Gasteiger partial charge is 0.219 e. The lowest BCUT2D eigenvalue weighted by Gasteiger charge is -2.16. The second kappa shape index (κ2) is 3.57. The van der Waals surface area contributed by atoms with Crippen LogP contribution in [0.15, 0.2) is 18.6 Å². The average Bonchev–Trinajstić information content (AvgIpc) is 2.74. The molecule has 2 aromatic heterocycles. The maximum atomic E-state index is 5.46. The van der Waals surface area contributed by atoms with E-state index in [4.69, 9.17) is 5.73 Å². The zero-order valence-corrected chi connectivity index (χ0v) is 8.72. The molecule has 2 aromatic rings. The van der Waals surface area contributed by atoms with Crippen molar-refractivity contribution in [1.29, 1.82) is 0 Å². The predicted molar refractivity (Wildman–Crippen MR) is 59.4 cm³/mol. The van der Waals surface area contributed by atoms with E-state index in [1.807, 2.05) is 10.9 Å². The molecule has 0 aromatic carbocycles. The van der Waals surface area contributed by atoms with Gasteiger partial charge in [-0.2, -0.15) is 5.10 Å². The van der Waals surface area contributed by atoms with E-state index in [1.165, 1.54) is 5.69 Å². The van der Waals surface area contributed by atoms with Gasteiger partial charge in [0.1, 0.15) is 0 Å². The van der Waals surface area contributed by atoms with Crippen LogP contribution in [0.25, 0.3) is 11.1 Å². The fourth-order valence-corrected chi connectivity index (χ4v) is 1.90. The number of hydrogen-bond acceptors (Lipinski definition) is 5. The summed E-state index contributed by atoms with van der Waals surface area (Å²) in [5.41, 5.74) is 8.68. The van der Waals surface area contributed by atoms with Gasteiger partial charge in [-0.25, -0.2) is 9.97 Å². The Kier molecular flexibility index (Phi) is 2.07. The van der Waals surface area contributed by atoms with Crippen molar-refractivity contribution in [3.05, 3.63) is 24.3 Å². The molecule has 1 aliphatic rings. The normalized spacial score (nSPS) is 14.8. The molecule has 6 nitrogen and oxygen atoms in total. The predicted octanol–water partition coefficient (Wildman–Crippen LogP) is 0.0255. The third kappa shape index (κ3) is 1.43. The van der Waals surface area contributed by atoms with Gasteiger partial charge in [0, 0.05) is 36.6 Å². The molecule has 0 aliphatic carbocycles. The molecule has 0 atom stereocenters. The first-order valence-corrected chi connectivity index (χ1v) is 5.18. The summed E-state index contributed by atoms with van der Waals surface area (Å²) in [6.07, 6.45) is 5.32. The van der Waals surface area contributed by atoms with Crippen molar-refractivity contribution in [3.63, 3.8) is 0 Å². The third-order valence-corrected chi connectivity index (χ3v) is 2.72. The third-order valence-electron chi connectivity index (χ3n) is 2.72. The van der Waals surface area contributed by atoms with Crippen molar-refractivity contribution in [2.24, 2.45) is 0 Å². The molecular formula is C10H12N6. The SMILES string of the molecule is Nc1ncc(-c2cnn3c2CNCC3)cn1. The molecule has 16 heavy (non-hydrogen) atoms. The van der Waals surface area contributed by atoms with E-state index in [2.05, 4.69) is 20.4 Å². The van der Waals surface area contributed by atoms with E-state index < -0.39 is 0 Å². The number of hydrogen-bond donors (Lipinski definition) is 2. The van der Waals surface area contributed by atoms with Gasteiger partial charge in [0.2, 0.25) is 5.95 Å². The van der Waals surface area contributed by atoms with Crippen molar-refractivity contribution in [2.75, 3.05) is 12.3 Å². The van der Waals surface area contributed by atoms with Crippen molar-refractivity contribution in [3.8, 4) is 11.1 Å². The summed E-state index contributed by atoms with van der Waals surface area (Å²) in [6, 6.07) is 0. The quantitative estimate of drug-likeness (QED) is 0.702. The minimum absolute atomic E-state index is 0.294. The monoisotopic (exact) mass is 216 g/mol. The Labute approximate surface area is 92.5 Å². The lowest BCUT2D eigenvalue weighted by Crippen LogP contribution is -2.28. The van der Waals surface area contributed by atoms with Gasteiger partial charge in [0.25, 0.3) is 0 Å². The molecule has 0 bridgehead atoms. The highest BCUT2D eigenvalue weighted by Gasteiger charge is 2.15. The van der Waals surface area contributed by atoms with Crippen LogP contribution in [-0.4, -0.2) is 26.3 Å². The van der Waals surface area contributed by atoms with E-state index in [0.717, 1.165) is 30.8 Å². The molecule has 3 N–H and O–H groups in total. The summed E-state index contributed by atoms with van der Waals surface area (Å²) in [6.45, 7) is 2.71. The molecule has 3 rings (SSSR count). The molecule has 0 saturated carbocycles. The minimum atomic E-state index is 0.294. The van der Waals surface area contributed by atoms with Crippen molar-refractivity contribution < 1.29 is 0 Å². The molecule has 1 aliphatic heterocycles. The molecule has 6 heteroatoms. The first kappa shape index (κ1) is 9.29. The highest BCUT2D eigenvalue weighted by Crippen LogP contribution is 2.23. The van der Waals surface area contributed by atoms with Gasteiger partial charge in [0.05, 0.1) is 18.4 Å². The molecule has 3 heterocycles. The summed E-state index contributed by atoms with van der Waals surface area (Å²) in [4.78, 5) is 7.99. The van der Waals surface area contributed by atoms with Gasteiger partial charge in [-0.3, -0.25) is 4.68 Å². The minimum Gasteiger partial charge on any atom is -0.368 e. The standard InChI is InChI=1S/C10H12N6/c11-10-13-3-7(4-14-10)8-5-15-16-2-1-12-6-9(8)16/h3-5,12H,1-2,6H2,(H2,11,13,14). The number of nitrogens with one attached hydrogen (secondary N) is 1. The Hall–Kier alpha value is -1.95. The van der Waals surface area contributed by atoms with Crippen molar-refractivity contribution in [2.45, 2.75) is 13.1 Å². The number of aromatic nitrogens is 4. The molecule has 0 amide bonds. The van der Waals surface area contributed by atoms with Crippen LogP contribution in [0, 0.1) is 0 Å². The van der Waals surface area contributed by atoms with Crippen molar-refractivity contribution in [1.82, 2.24) is 25.1 Å². The maximum Gasteiger partial charge on any atom is 0.219 e. The molecule has 0 fully saturated rings. The number of nitrogens with zero attached hydrogens (tertiary/aromatic N) is 4. The van der Waals surface area contributed by atoms with Gasteiger partial charge in [-0.05, 0) is 0 Å². The summed E-state index contributed by atoms with van der Waals surface area (Å²) in [7, 11) is 0. The number of fused-ring (bicyclic) bond motifs is 1. The number of nitrogens with two attached hydrogens (primary N) is 1. The number of anilines is 1. The van der Waals surface area contributed by atoms with Crippen LogP contribution in [0.3, 0.4) is 0 Å². The van der Waals surface area contributed by atoms with Gasteiger partial charge in [-0.1, -0.05) is 0 Å². The maximum absolute atomic E-state index is 5.46. The Morgan fingerprint density at radius 2 is 2.06 bits per heavy atom. The highest BCUT2D eigenvalue weighted by molar-refractivity contribution is 5.64. The average molecular weight is 216 g/mol. The fraction of sp³-hybridized carbons (Fsp3) is 0.300. The molecule has 0 radical (unpaired) electrons. The van der Waals surface area contributed by atoms with Crippen LogP contribution in [0.4, 0.5) is 5.95 Å². The van der Waals surface area contributed by atoms with E-state index in [0.29, 0.717) is 5.95 Å². The van der Waals surface area contributed by atoms with Crippen molar-refractivity contribution >= 4 is 5.95 Å². The Morgan fingerprint density at radius 1 is 1.25 bits per heavy atom. The van der Waals surface area contributed by atoms with Crippen LogP contribution in [-0.2, 0) is 13.1 Å². The van der Waals surface area contributed by atoms with Crippen LogP contribution < -0.4 is 11.1 Å². The van der Waals surface area contributed by atoms with Gasteiger partial charge >= 0.3 is 0 Å². The Balaban J connectivity index is 2.06. The van der Waals surface area contributed by atoms with E-state index in [1.54, 1.807) is 12.4 Å². The van der Waals surface area contributed by atoms with Gasteiger partial charge in [0.15, 0.2) is 0 Å². The Bertz CT molecular complexity index is 501. The molecule has 0 unspecified atom stereocenters. The molecule has 0 saturated heterocycles. The molecule has 0 spiro atoms. The lowest BCUT2D eigenvalue weighted by atomic mass is 10.1. The summed E-state index contributed by atoms with van der Waals surface area (Å²) in [5.74, 6) is 0.294. The van der Waals surface area contributed by atoms with Crippen LogP contribution in [0.2, 0.25) is 0 Å². The van der Waals surface area contributed by atoms with E-state index in [9.17, 15) is 0 Å². The van der Waals surface area contributed by atoms with E-state index >= 15 is 0 Å².